The molecule has 6 nitrogen and oxygen atoms in total. The molecule has 3 rings (SSSR count). The molecule has 1 aromatic heterocycles. The van der Waals surface area contributed by atoms with Gasteiger partial charge in [-0.25, -0.2) is 4.79 Å². The van der Waals surface area contributed by atoms with Crippen LogP contribution in [-0.4, -0.2) is 24.1 Å². The average Bonchev–Trinajstić information content (AvgIpc) is 3.09. The fourth-order valence-electron chi connectivity index (χ4n) is 2.65. The van der Waals surface area contributed by atoms with E-state index in [0.29, 0.717) is 12.0 Å². The molecule has 2 aromatic carbocycles. The fourth-order valence-corrected chi connectivity index (χ4v) is 3.23. The number of hydrogen-bond acceptors (Lipinski definition) is 5. The number of anilines is 1. The lowest BCUT2D eigenvalue weighted by Crippen LogP contribution is -2.15. The number of carbonyl (C=O) groups is 2. The summed E-state index contributed by atoms with van der Waals surface area (Å²) in [4.78, 5) is 24.6. The standard InChI is InChI=1S/C20H16Cl2N2O4/c1-27-20(26)17-18(16-13(21)8-5-9-14(16)22)24-28-19(17)23-15(25)11-10-12-6-3-2-4-7-12/h2-9H,10-11H2,1H3,(H,23,25). The number of halogens is 2. The van der Waals surface area contributed by atoms with Crippen molar-refractivity contribution in [3.63, 3.8) is 0 Å². The van der Waals surface area contributed by atoms with Crippen LogP contribution < -0.4 is 5.32 Å². The van der Waals surface area contributed by atoms with Gasteiger partial charge in [0.05, 0.1) is 17.2 Å². The van der Waals surface area contributed by atoms with E-state index in [-0.39, 0.29) is 39.5 Å². The Hall–Kier alpha value is -2.83. The van der Waals surface area contributed by atoms with Crippen molar-refractivity contribution in [3.8, 4) is 11.3 Å². The van der Waals surface area contributed by atoms with Gasteiger partial charge in [0.15, 0.2) is 5.56 Å². The summed E-state index contributed by atoms with van der Waals surface area (Å²) in [6.07, 6.45) is 0.741. The second-order valence-electron chi connectivity index (χ2n) is 5.86. The quantitative estimate of drug-likeness (QED) is 0.569. The van der Waals surface area contributed by atoms with Gasteiger partial charge in [0.25, 0.3) is 0 Å². The van der Waals surface area contributed by atoms with Crippen molar-refractivity contribution in [2.75, 3.05) is 12.4 Å². The molecule has 0 atom stereocenters. The van der Waals surface area contributed by atoms with Crippen LogP contribution in [0.5, 0.6) is 0 Å². The maximum absolute atomic E-state index is 12.3. The summed E-state index contributed by atoms with van der Waals surface area (Å²) < 4.78 is 10.0. The number of aromatic nitrogens is 1. The molecular formula is C20H16Cl2N2O4. The molecule has 28 heavy (non-hydrogen) atoms. The maximum Gasteiger partial charge on any atom is 0.345 e. The van der Waals surface area contributed by atoms with E-state index in [9.17, 15) is 9.59 Å². The number of ether oxygens (including phenoxy) is 1. The van der Waals surface area contributed by atoms with E-state index < -0.39 is 5.97 Å². The van der Waals surface area contributed by atoms with Crippen LogP contribution in [0, 0.1) is 0 Å². The highest BCUT2D eigenvalue weighted by Crippen LogP contribution is 2.38. The van der Waals surface area contributed by atoms with E-state index in [1.165, 1.54) is 7.11 Å². The van der Waals surface area contributed by atoms with Gasteiger partial charge in [-0.2, -0.15) is 0 Å². The number of carbonyl (C=O) groups excluding carboxylic acids is 2. The van der Waals surface area contributed by atoms with E-state index >= 15 is 0 Å². The number of esters is 1. The van der Waals surface area contributed by atoms with Crippen LogP contribution in [0.25, 0.3) is 11.3 Å². The van der Waals surface area contributed by atoms with E-state index in [2.05, 4.69) is 10.5 Å². The maximum atomic E-state index is 12.3. The highest BCUT2D eigenvalue weighted by molar-refractivity contribution is 6.39. The van der Waals surface area contributed by atoms with Gasteiger partial charge in [0.2, 0.25) is 11.8 Å². The van der Waals surface area contributed by atoms with Crippen LogP contribution in [0.1, 0.15) is 22.3 Å². The van der Waals surface area contributed by atoms with Crippen LogP contribution in [-0.2, 0) is 16.0 Å². The molecule has 0 radical (unpaired) electrons. The summed E-state index contributed by atoms with van der Waals surface area (Å²) in [7, 11) is 1.22. The molecule has 144 valence electrons. The van der Waals surface area contributed by atoms with Gasteiger partial charge in [-0.3, -0.25) is 10.1 Å². The fraction of sp³-hybridized carbons (Fsp3) is 0.150. The van der Waals surface area contributed by atoms with Gasteiger partial charge in [-0.05, 0) is 24.1 Å². The number of aryl methyl sites for hydroxylation is 1. The molecule has 8 heteroatoms. The summed E-state index contributed by atoms with van der Waals surface area (Å²) in [6, 6.07) is 14.4. The predicted molar refractivity (Wildman–Crippen MR) is 107 cm³/mol. The minimum Gasteiger partial charge on any atom is -0.465 e. The Morgan fingerprint density at radius 1 is 1.07 bits per heavy atom. The third-order valence-corrected chi connectivity index (χ3v) is 4.65. The monoisotopic (exact) mass is 418 g/mol. The van der Waals surface area contributed by atoms with Crippen molar-refractivity contribution in [1.82, 2.24) is 5.16 Å². The van der Waals surface area contributed by atoms with Crippen molar-refractivity contribution in [2.45, 2.75) is 12.8 Å². The number of nitrogens with zero attached hydrogens (tertiary/aromatic N) is 1. The molecular weight excluding hydrogens is 403 g/mol. The Balaban J connectivity index is 1.86. The first-order chi connectivity index (χ1) is 13.5. The second kappa shape index (κ2) is 8.91. The molecule has 0 bridgehead atoms. The molecule has 0 aliphatic carbocycles. The Morgan fingerprint density at radius 3 is 2.39 bits per heavy atom. The summed E-state index contributed by atoms with van der Waals surface area (Å²) in [6.45, 7) is 0. The minimum atomic E-state index is -0.731. The van der Waals surface area contributed by atoms with Gasteiger partial charge < -0.3 is 9.26 Å². The molecule has 0 unspecified atom stereocenters. The molecule has 0 spiro atoms. The van der Waals surface area contributed by atoms with Crippen LogP contribution in [0.4, 0.5) is 5.88 Å². The largest absolute Gasteiger partial charge is 0.465 e. The highest BCUT2D eigenvalue weighted by Gasteiger charge is 2.28. The van der Waals surface area contributed by atoms with Crippen molar-refractivity contribution in [1.29, 1.82) is 0 Å². The van der Waals surface area contributed by atoms with Crippen LogP contribution in [0.2, 0.25) is 10.0 Å². The lowest BCUT2D eigenvalue weighted by Gasteiger charge is -2.07. The van der Waals surface area contributed by atoms with Crippen LogP contribution in [0.3, 0.4) is 0 Å². The normalized spacial score (nSPS) is 10.5. The zero-order chi connectivity index (χ0) is 20.1. The molecule has 0 aliphatic rings. The molecule has 1 heterocycles. The summed E-state index contributed by atoms with van der Waals surface area (Å²) in [5.41, 5.74) is 1.39. The number of rotatable bonds is 6. The van der Waals surface area contributed by atoms with E-state index in [1.54, 1.807) is 18.2 Å². The summed E-state index contributed by atoms with van der Waals surface area (Å²) >= 11 is 12.4. The first-order valence-corrected chi connectivity index (χ1v) is 9.13. The summed E-state index contributed by atoms with van der Waals surface area (Å²) in [5.74, 6) is -1.18. The smallest absolute Gasteiger partial charge is 0.345 e. The molecule has 0 saturated heterocycles. The second-order valence-corrected chi connectivity index (χ2v) is 6.67. The van der Waals surface area contributed by atoms with E-state index in [4.69, 9.17) is 32.5 Å². The van der Waals surface area contributed by atoms with Crippen LogP contribution in [0.15, 0.2) is 53.1 Å². The Morgan fingerprint density at radius 2 is 1.75 bits per heavy atom. The van der Waals surface area contributed by atoms with Gasteiger partial charge in [-0.1, -0.05) is 64.8 Å². The van der Waals surface area contributed by atoms with Crippen molar-refractivity contribution in [2.24, 2.45) is 0 Å². The van der Waals surface area contributed by atoms with Gasteiger partial charge >= 0.3 is 5.97 Å². The number of nitrogens with one attached hydrogen (secondary N) is 1. The van der Waals surface area contributed by atoms with Gasteiger partial charge in [0.1, 0.15) is 5.69 Å². The molecule has 1 amide bonds. The lowest BCUT2D eigenvalue weighted by molar-refractivity contribution is -0.116. The van der Waals surface area contributed by atoms with Crippen molar-refractivity contribution >= 4 is 41.0 Å². The SMILES string of the molecule is COC(=O)c1c(-c2c(Cl)cccc2Cl)noc1NC(=O)CCc1ccccc1. The predicted octanol–water partition coefficient (Wildman–Crippen LogP) is 5.01. The number of methoxy groups -OCH3 is 1. The molecule has 0 saturated carbocycles. The molecule has 0 fully saturated rings. The van der Waals surface area contributed by atoms with Gasteiger partial charge in [-0.15, -0.1) is 0 Å². The molecule has 0 aliphatic heterocycles. The Labute approximate surface area is 171 Å². The number of hydrogen-bond donors (Lipinski definition) is 1. The lowest BCUT2D eigenvalue weighted by atomic mass is 10.1. The third-order valence-electron chi connectivity index (χ3n) is 4.02. The highest BCUT2D eigenvalue weighted by atomic mass is 35.5. The zero-order valence-electron chi connectivity index (χ0n) is 14.9. The van der Waals surface area contributed by atoms with Crippen molar-refractivity contribution in [3.05, 3.63) is 69.7 Å². The van der Waals surface area contributed by atoms with Crippen molar-refractivity contribution < 1.29 is 18.8 Å². The van der Waals surface area contributed by atoms with Gasteiger partial charge in [0, 0.05) is 12.0 Å². The van der Waals surface area contributed by atoms with E-state index in [0.717, 1.165) is 5.56 Å². The first kappa shape index (κ1) is 19.9. The minimum absolute atomic E-state index is 0.0504. The summed E-state index contributed by atoms with van der Waals surface area (Å²) in [5, 5.41) is 7.03. The molecule has 1 N–H and O–H groups in total. The van der Waals surface area contributed by atoms with Crippen LogP contribution >= 0.6 is 23.2 Å². The van der Waals surface area contributed by atoms with E-state index in [1.807, 2.05) is 30.3 Å². The number of benzene rings is 2. The Bertz CT molecular complexity index is 982. The number of amides is 1. The first-order valence-electron chi connectivity index (χ1n) is 8.37. The third kappa shape index (κ3) is 4.35. The average molecular weight is 419 g/mol. The zero-order valence-corrected chi connectivity index (χ0v) is 16.4. The molecule has 3 aromatic rings. The Kier molecular flexibility index (Phi) is 6.34. The topological polar surface area (TPSA) is 81.4 Å².